The van der Waals surface area contributed by atoms with Crippen molar-refractivity contribution >= 4 is 27.8 Å². The molecule has 0 bridgehead atoms. The van der Waals surface area contributed by atoms with Crippen LogP contribution in [0.25, 0.3) is 0 Å². The number of carbonyl (C=O) groups is 1. The highest BCUT2D eigenvalue weighted by Crippen LogP contribution is 2.43. The lowest BCUT2D eigenvalue weighted by molar-refractivity contribution is -0.143. The molecule has 1 N–H and O–H groups in total. The van der Waals surface area contributed by atoms with Gasteiger partial charge in [-0.3, -0.25) is 4.79 Å². The average Bonchev–Trinajstić information content (AvgIpc) is 2.68. The second kappa shape index (κ2) is 8.90. The minimum Gasteiger partial charge on any atom is -0.481 e. The van der Waals surface area contributed by atoms with E-state index in [1.54, 1.807) is 36.0 Å². The SMILES string of the molecule is Cc1ccc(S(=O)(=O)N2C[C@@H](C(=O)O)[C@H](SC(C)C)C[C@H]2c2ccccc2)cc1. The van der Waals surface area contributed by atoms with E-state index in [9.17, 15) is 18.3 Å². The molecule has 29 heavy (non-hydrogen) atoms. The number of benzene rings is 2. The molecule has 7 heteroatoms. The Balaban J connectivity index is 2.05. The average molecular weight is 434 g/mol. The fourth-order valence-electron chi connectivity index (χ4n) is 3.77. The van der Waals surface area contributed by atoms with E-state index in [1.165, 1.54) is 4.31 Å². The molecule has 0 unspecified atom stereocenters. The van der Waals surface area contributed by atoms with Gasteiger partial charge in [0.15, 0.2) is 0 Å². The fourth-order valence-corrected chi connectivity index (χ4v) is 6.80. The molecule has 3 atom stereocenters. The minimum absolute atomic E-state index is 0.0323. The standard InChI is InChI=1S/C22H27NO4S2/c1-15(2)28-21-13-20(17-7-5-4-6-8-17)23(14-19(21)22(24)25)29(26,27)18-11-9-16(3)10-12-18/h4-12,15,19-21H,13-14H2,1-3H3,(H,24,25)/t19-,20+,21-/m1/s1. The third-order valence-electron chi connectivity index (χ3n) is 5.20. The molecular formula is C22H27NO4S2. The van der Waals surface area contributed by atoms with Gasteiger partial charge < -0.3 is 5.11 Å². The summed E-state index contributed by atoms with van der Waals surface area (Å²) in [6.45, 7) is 5.95. The smallest absolute Gasteiger partial charge is 0.308 e. The fraction of sp³-hybridized carbons (Fsp3) is 0.409. The van der Waals surface area contributed by atoms with E-state index in [4.69, 9.17) is 0 Å². The van der Waals surface area contributed by atoms with E-state index < -0.39 is 28.0 Å². The van der Waals surface area contributed by atoms with Crippen molar-refractivity contribution in [2.24, 2.45) is 5.92 Å². The van der Waals surface area contributed by atoms with Crippen LogP contribution in [0.4, 0.5) is 0 Å². The van der Waals surface area contributed by atoms with Gasteiger partial charge >= 0.3 is 5.97 Å². The molecule has 2 aromatic carbocycles. The van der Waals surface area contributed by atoms with E-state index in [0.717, 1.165) is 11.1 Å². The first-order valence-corrected chi connectivity index (χ1v) is 12.1. The van der Waals surface area contributed by atoms with Gasteiger partial charge in [0, 0.05) is 11.8 Å². The highest BCUT2D eigenvalue weighted by molar-refractivity contribution is 8.00. The summed E-state index contributed by atoms with van der Waals surface area (Å²) in [7, 11) is -3.83. The number of aryl methyl sites for hydroxylation is 1. The summed E-state index contributed by atoms with van der Waals surface area (Å²) in [5.41, 5.74) is 1.86. The topological polar surface area (TPSA) is 74.7 Å². The van der Waals surface area contributed by atoms with Gasteiger partial charge in [-0.25, -0.2) is 8.42 Å². The van der Waals surface area contributed by atoms with Crippen molar-refractivity contribution in [3.8, 4) is 0 Å². The molecule has 0 spiro atoms. The molecule has 5 nitrogen and oxygen atoms in total. The van der Waals surface area contributed by atoms with Crippen LogP contribution in [0.5, 0.6) is 0 Å². The first kappa shape index (κ1) is 21.9. The van der Waals surface area contributed by atoms with Crippen LogP contribution >= 0.6 is 11.8 Å². The first-order valence-electron chi connectivity index (χ1n) is 9.72. The zero-order valence-corrected chi connectivity index (χ0v) is 18.5. The number of thioether (sulfide) groups is 1. The number of piperidine rings is 1. The van der Waals surface area contributed by atoms with Crippen LogP contribution in [0.2, 0.25) is 0 Å². The molecule has 0 saturated carbocycles. The monoisotopic (exact) mass is 433 g/mol. The number of sulfonamides is 1. The maximum absolute atomic E-state index is 13.5. The van der Waals surface area contributed by atoms with E-state index >= 15 is 0 Å². The summed E-state index contributed by atoms with van der Waals surface area (Å²) in [6, 6.07) is 15.8. The summed E-state index contributed by atoms with van der Waals surface area (Å²) in [5, 5.41) is 9.95. The lowest BCUT2D eigenvalue weighted by Gasteiger charge is -2.42. The van der Waals surface area contributed by atoms with Crippen molar-refractivity contribution in [2.75, 3.05) is 6.54 Å². The summed E-state index contributed by atoms with van der Waals surface area (Å²) < 4.78 is 28.4. The number of rotatable bonds is 6. The number of aliphatic carboxylic acids is 1. The largest absolute Gasteiger partial charge is 0.481 e. The zero-order valence-electron chi connectivity index (χ0n) is 16.9. The number of hydrogen-bond acceptors (Lipinski definition) is 4. The van der Waals surface area contributed by atoms with E-state index in [1.807, 2.05) is 51.1 Å². The number of carboxylic acid groups (broad SMARTS) is 1. The summed E-state index contributed by atoms with van der Waals surface area (Å²) in [5.74, 6) is -1.69. The minimum atomic E-state index is -3.83. The van der Waals surface area contributed by atoms with E-state index in [-0.39, 0.29) is 21.9 Å². The van der Waals surface area contributed by atoms with Crippen molar-refractivity contribution in [3.05, 3.63) is 65.7 Å². The molecule has 1 fully saturated rings. The molecule has 0 radical (unpaired) electrons. The van der Waals surface area contributed by atoms with Crippen molar-refractivity contribution in [2.45, 2.75) is 48.6 Å². The molecule has 156 valence electrons. The predicted molar refractivity (Wildman–Crippen MR) is 117 cm³/mol. The lowest BCUT2D eigenvalue weighted by atomic mass is 9.90. The van der Waals surface area contributed by atoms with Gasteiger partial charge in [-0.2, -0.15) is 16.1 Å². The maximum atomic E-state index is 13.5. The number of nitrogens with zero attached hydrogens (tertiary/aromatic N) is 1. The molecule has 1 saturated heterocycles. The van der Waals surface area contributed by atoms with Crippen LogP contribution in [0.15, 0.2) is 59.5 Å². The Hall–Kier alpha value is -1.83. The van der Waals surface area contributed by atoms with Crippen LogP contribution in [-0.4, -0.2) is 40.8 Å². The third kappa shape index (κ3) is 4.85. The third-order valence-corrected chi connectivity index (χ3v) is 8.51. The van der Waals surface area contributed by atoms with Gasteiger partial charge in [-0.05, 0) is 36.3 Å². The molecule has 1 aliphatic heterocycles. The Labute approximate surface area is 177 Å². The normalized spacial score (nSPS) is 23.2. The highest BCUT2D eigenvalue weighted by Gasteiger charge is 2.45. The molecular weight excluding hydrogens is 406 g/mol. The zero-order chi connectivity index (χ0) is 21.2. The predicted octanol–water partition coefficient (Wildman–Crippen LogP) is 4.34. The van der Waals surface area contributed by atoms with Crippen LogP contribution in [0, 0.1) is 12.8 Å². The van der Waals surface area contributed by atoms with Crippen molar-refractivity contribution < 1.29 is 18.3 Å². The Bertz CT molecular complexity index is 943. The Morgan fingerprint density at radius 2 is 1.72 bits per heavy atom. The summed E-state index contributed by atoms with van der Waals surface area (Å²) >= 11 is 1.62. The lowest BCUT2D eigenvalue weighted by Crippen LogP contribution is -2.49. The van der Waals surface area contributed by atoms with Crippen molar-refractivity contribution in [1.29, 1.82) is 0 Å². The second-order valence-corrected chi connectivity index (χ2v) is 11.4. The Morgan fingerprint density at radius 3 is 2.28 bits per heavy atom. The molecule has 0 amide bonds. The molecule has 2 aromatic rings. The van der Waals surface area contributed by atoms with Gasteiger partial charge in [0.25, 0.3) is 0 Å². The van der Waals surface area contributed by atoms with E-state index in [2.05, 4.69) is 0 Å². The van der Waals surface area contributed by atoms with Crippen molar-refractivity contribution in [3.63, 3.8) is 0 Å². The van der Waals surface area contributed by atoms with Gasteiger partial charge in [0.05, 0.1) is 16.9 Å². The van der Waals surface area contributed by atoms with Crippen LogP contribution in [0.3, 0.4) is 0 Å². The van der Waals surface area contributed by atoms with Crippen LogP contribution in [0.1, 0.15) is 37.4 Å². The number of carboxylic acids is 1. The summed E-state index contributed by atoms with van der Waals surface area (Å²) in [4.78, 5) is 12.2. The van der Waals surface area contributed by atoms with Crippen LogP contribution < -0.4 is 0 Å². The molecule has 0 aliphatic carbocycles. The first-order chi connectivity index (χ1) is 13.7. The highest BCUT2D eigenvalue weighted by atomic mass is 32.2. The molecule has 1 heterocycles. The molecule has 1 aliphatic rings. The Kier molecular flexibility index (Phi) is 6.71. The molecule has 0 aromatic heterocycles. The maximum Gasteiger partial charge on any atom is 0.308 e. The number of hydrogen-bond donors (Lipinski definition) is 1. The van der Waals surface area contributed by atoms with Gasteiger partial charge in [-0.1, -0.05) is 61.9 Å². The Morgan fingerprint density at radius 1 is 1.10 bits per heavy atom. The second-order valence-electron chi connectivity index (χ2n) is 7.72. The quantitative estimate of drug-likeness (QED) is 0.733. The summed E-state index contributed by atoms with van der Waals surface area (Å²) in [6.07, 6.45) is 0.467. The van der Waals surface area contributed by atoms with Crippen LogP contribution in [-0.2, 0) is 14.8 Å². The van der Waals surface area contributed by atoms with Gasteiger partial charge in [0.2, 0.25) is 10.0 Å². The van der Waals surface area contributed by atoms with E-state index in [0.29, 0.717) is 6.42 Å². The molecule has 3 rings (SSSR count). The van der Waals surface area contributed by atoms with Gasteiger partial charge in [-0.15, -0.1) is 0 Å². The van der Waals surface area contributed by atoms with Crippen molar-refractivity contribution in [1.82, 2.24) is 4.31 Å². The van der Waals surface area contributed by atoms with Gasteiger partial charge in [0.1, 0.15) is 0 Å².